The Bertz CT molecular complexity index is 275. The molecule has 19 heavy (non-hydrogen) atoms. The molecule has 0 amide bonds. The number of likely N-dealkylation sites (N-methyl/N-ethyl adjacent to an activating group) is 1. The Labute approximate surface area is 117 Å². The van der Waals surface area contributed by atoms with Crippen LogP contribution in [0.1, 0.15) is 46.0 Å². The van der Waals surface area contributed by atoms with Crippen LogP contribution in [0.4, 0.5) is 0 Å². The van der Waals surface area contributed by atoms with Crippen LogP contribution in [0.15, 0.2) is 0 Å². The van der Waals surface area contributed by atoms with Gasteiger partial charge >= 0.3 is 5.97 Å². The van der Waals surface area contributed by atoms with Crippen LogP contribution < -0.4 is 5.32 Å². The van der Waals surface area contributed by atoms with Gasteiger partial charge in [-0.25, -0.2) is 0 Å². The van der Waals surface area contributed by atoms with Crippen molar-refractivity contribution in [3.05, 3.63) is 0 Å². The van der Waals surface area contributed by atoms with E-state index in [9.17, 15) is 4.79 Å². The first-order valence-corrected chi connectivity index (χ1v) is 7.55. The Morgan fingerprint density at radius 3 is 2.53 bits per heavy atom. The lowest BCUT2D eigenvalue weighted by molar-refractivity contribution is -0.148. The minimum atomic E-state index is -0.545. The van der Waals surface area contributed by atoms with Gasteiger partial charge in [-0.15, -0.1) is 0 Å². The van der Waals surface area contributed by atoms with Crippen molar-refractivity contribution in [1.82, 2.24) is 10.2 Å². The van der Waals surface area contributed by atoms with E-state index in [2.05, 4.69) is 17.1 Å². The first kappa shape index (κ1) is 16.4. The molecule has 1 rings (SSSR count). The van der Waals surface area contributed by atoms with Crippen molar-refractivity contribution < 1.29 is 9.53 Å². The molecule has 1 atom stereocenters. The lowest BCUT2D eigenvalue weighted by atomic mass is 9.93. The second-order valence-electron chi connectivity index (χ2n) is 5.87. The molecule has 1 saturated heterocycles. The summed E-state index contributed by atoms with van der Waals surface area (Å²) in [6.45, 7) is 7.72. The highest BCUT2D eigenvalue weighted by Crippen LogP contribution is 2.21. The molecule has 0 saturated carbocycles. The van der Waals surface area contributed by atoms with E-state index in [-0.39, 0.29) is 5.97 Å². The molecule has 0 radical (unpaired) electrons. The van der Waals surface area contributed by atoms with Crippen LogP contribution in [0.3, 0.4) is 0 Å². The summed E-state index contributed by atoms with van der Waals surface area (Å²) in [4.78, 5) is 14.3. The Kier molecular flexibility index (Phi) is 6.80. The molecule has 1 aliphatic heterocycles. The van der Waals surface area contributed by atoms with Crippen molar-refractivity contribution in [1.29, 1.82) is 0 Å². The number of rotatable bonds is 7. The summed E-state index contributed by atoms with van der Waals surface area (Å²) < 4.78 is 4.86. The molecule has 0 aromatic carbocycles. The SMILES string of the molecule is CCC1CCN(CCCC(C)(NC)C(=O)OC)CC1. The van der Waals surface area contributed by atoms with Crippen LogP contribution in [-0.2, 0) is 9.53 Å². The minimum Gasteiger partial charge on any atom is -0.468 e. The number of methoxy groups -OCH3 is 1. The summed E-state index contributed by atoms with van der Waals surface area (Å²) in [7, 11) is 3.27. The van der Waals surface area contributed by atoms with Gasteiger partial charge in [-0.1, -0.05) is 13.3 Å². The van der Waals surface area contributed by atoms with Crippen molar-refractivity contribution in [3.8, 4) is 0 Å². The Balaban J connectivity index is 2.28. The highest BCUT2D eigenvalue weighted by atomic mass is 16.5. The normalized spacial score (nSPS) is 21.1. The summed E-state index contributed by atoms with van der Waals surface area (Å²) in [5.74, 6) is 0.758. The summed E-state index contributed by atoms with van der Waals surface area (Å²) >= 11 is 0. The number of nitrogens with one attached hydrogen (secondary N) is 1. The predicted molar refractivity (Wildman–Crippen MR) is 78.2 cm³/mol. The number of carbonyl (C=O) groups excluding carboxylic acids is 1. The van der Waals surface area contributed by atoms with E-state index in [0.29, 0.717) is 0 Å². The Hall–Kier alpha value is -0.610. The maximum absolute atomic E-state index is 11.7. The maximum Gasteiger partial charge on any atom is 0.325 e. The van der Waals surface area contributed by atoms with Crippen LogP contribution in [0.25, 0.3) is 0 Å². The van der Waals surface area contributed by atoms with Gasteiger partial charge in [0, 0.05) is 0 Å². The number of esters is 1. The molecule has 1 unspecified atom stereocenters. The summed E-state index contributed by atoms with van der Waals surface area (Å²) in [5.41, 5.74) is -0.545. The summed E-state index contributed by atoms with van der Waals surface area (Å²) in [6.07, 6.45) is 5.83. The summed E-state index contributed by atoms with van der Waals surface area (Å²) in [5, 5.41) is 3.09. The average Bonchev–Trinajstić information content (AvgIpc) is 2.46. The van der Waals surface area contributed by atoms with Crippen LogP contribution >= 0.6 is 0 Å². The zero-order valence-electron chi connectivity index (χ0n) is 13.0. The Morgan fingerprint density at radius 1 is 1.42 bits per heavy atom. The number of hydrogen-bond donors (Lipinski definition) is 1. The van der Waals surface area contributed by atoms with E-state index < -0.39 is 5.54 Å². The second kappa shape index (κ2) is 7.85. The monoisotopic (exact) mass is 270 g/mol. The molecular formula is C15H30N2O2. The van der Waals surface area contributed by atoms with Gasteiger partial charge in [0.2, 0.25) is 0 Å². The quantitative estimate of drug-likeness (QED) is 0.719. The fraction of sp³-hybridized carbons (Fsp3) is 0.933. The van der Waals surface area contributed by atoms with Gasteiger partial charge in [0.25, 0.3) is 0 Å². The zero-order chi connectivity index (χ0) is 14.3. The molecule has 0 bridgehead atoms. The third-order valence-electron chi connectivity index (χ3n) is 4.62. The van der Waals surface area contributed by atoms with Crippen LogP contribution in [0.5, 0.6) is 0 Å². The van der Waals surface area contributed by atoms with Gasteiger partial charge in [0.1, 0.15) is 5.54 Å². The number of likely N-dealkylation sites (tertiary alicyclic amines) is 1. The first-order valence-electron chi connectivity index (χ1n) is 7.55. The fourth-order valence-corrected chi connectivity index (χ4v) is 2.83. The molecular weight excluding hydrogens is 240 g/mol. The zero-order valence-corrected chi connectivity index (χ0v) is 13.0. The second-order valence-corrected chi connectivity index (χ2v) is 5.87. The number of carbonyl (C=O) groups is 1. The fourth-order valence-electron chi connectivity index (χ4n) is 2.83. The van der Waals surface area contributed by atoms with Gasteiger partial charge in [-0.2, -0.15) is 0 Å². The number of ether oxygens (including phenoxy) is 1. The lowest BCUT2D eigenvalue weighted by Gasteiger charge is -2.32. The van der Waals surface area contributed by atoms with Crippen LogP contribution in [-0.4, -0.2) is 50.2 Å². The molecule has 0 aliphatic carbocycles. The standard InChI is InChI=1S/C15H30N2O2/c1-5-13-7-11-17(12-8-13)10-6-9-15(2,16-3)14(18)19-4/h13,16H,5-12H2,1-4H3. The van der Waals surface area contributed by atoms with Crippen LogP contribution in [0, 0.1) is 5.92 Å². The number of piperidine rings is 1. The Morgan fingerprint density at radius 2 is 2.05 bits per heavy atom. The van der Waals surface area contributed by atoms with Gasteiger partial charge in [0.05, 0.1) is 7.11 Å². The van der Waals surface area contributed by atoms with Crippen molar-refractivity contribution in [2.45, 2.75) is 51.5 Å². The van der Waals surface area contributed by atoms with Crippen molar-refractivity contribution in [2.24, 2.45) is 5.92 Å². The smallest absolute Gasteiger partial charge is 0.325 e. The van der Waals surface area contributed by atoms with E-state index in [4.69, 9.17) is 4.74 Å². The molecule has 1 fully saturated rings. The third kappa shape index (κ3) is 4.77. The number of nitrogens with zero attached hydrogens (tertiary/aromatic N) is 1. The summed E-state index contributed by atoms with van der Waals surface area (Å²) in [6, 6.07) is 0. The third-order valence-corrected chi connectivity index (χ3v) is 4.62. The van der Waals surface area contributed by atoms with E-state index in [1.165, 1.54) is 39.5 Å². The van der Waals surface area contributed by atoms with Crippen molar-refractivity contribution in [2.75, 3.05) is 33.8 Å². The van der Waals surface area contributed by atoms with Gasteiger partial charge in [0.15, 0.2) is 0 Å². The first-order chi connectivity index (χ1) is 9.05. The molecule has 0 spiro atoms. The number of hydrogen-bond acceptors (Lipinski definition) is 4. The molecule has 4 heteroatoms. The molecule has 1 aliphatic rings. The average molecular weight is 270 g/mol. The van der Waals surface area contributed by atoms with Gasteiger partial charge in [-0.05, 0) is 65.2 Å². The highest BCUT2D eigenvalue weighted by molar-refractivity contribution is 5.80. The molecule has 0 aromatic heterocycles. The highest BCUT2D eigenvalue weighted by Gasteiger charge is 2.32. The van der Waals surface area contributed by atoms with E-state index >= 15 is 0 Å². The lowest BCUT2D eigenvalue weighted by Crippen LogP contribution is -2.48. The van der Waals surface area contributed by atoms with E-state index in [1.54, 1.807) is 0 Å². The molecule has 0 aromatic rings. The maximum atomic E-state index is 11.7. The van der Waals surface area contributed by atoms with Gasteiger partial charge in [-0.3, -0.25) is 4.79 Å². The molecule has 112 valence electrons. The molecule has 1 heterocycles. The van der Waals surface area contributed by atoms with Crippen molar-refractivity contribution >= 4 is 5.97 Å². The van der Waals surface area contributed by atoms with E-state index in [0.717, 1.165) is 25.3 Å². The molecule has 1 N–H and O–H groups in total. The topological polar surface area (TPSA) is 41.6 Å². The molecule has 4 nitrogen and oxygen atoms in total. The largest absolute Gasteiger partial charge is 0.468 e. The van der Waals surface area contributed by atoms with E-state index in [1.807, 2.05) is 14.0 Å². The predicted octanol–water partition coefficient (Wildman–Crippen LogP) is 2.04. The van der Waals surface area contributed by atoms with Gasteiger partial charge < -0.3 is 15.0 Å². The minimum absolute atomic E-state index is 0.167. The van der Waals surface area contributed by atoms with Crippen molar-refractivity contribution in [3.63, 3.8) is 0 Å². The van der Waals surface area contributed by atoms with Crippen LogP contribution in [0.2, 0.25) is 0 Å².